The van der Waals surface area contributed by atoms with Gasteiger partial charge in [-0.1, -0.05) is 12.1 Å². The molecule has 6 rings (SSSR count). The lowest BCUT2D eigenvalue weighted by atomic mass is 9.95. The molecule has 32 heavy (non-hydrogen) atoms. The van der Waals surface area contributed by atoms with E-state index in [2.05, 4.69) is 45.2 Å². The summed E-state index contributed by atoms with van der Waals surface area (Å²) in [5.74, 6) is 0.492. The van der Waals surface area contributed by atoms with Gasteiger partial charge >= 0.3 is 0 Å². The van der Waals surface area contributed by atoms with E-state index in [0.29, 0.717) is 32.2 Å². The molecule has 0 unspecified atom stereocenters. The maximum Gasteiger partial charge on any atom is 0.264 e. The number of ether oxygens (including phenoxy) is 1. The van der Waals surface area contributed by atoms with E-state index in [1.165, 1.54) is 22.0 Å². The molecule has 0 radical (unpaired) electrons. The molecule has 2 fully saturated rings. The highest BCUT2D eigenvalue weighted by Crippen LogP contribution is 2.40. The number of nitrogens with zero attached hydrogens (tertiary/aromatic N) is 3. The molecule has 5 heterocycles. The molecule has 164 valence electrons. The Morgan fingerprint density at radius 1 is 1.19 bits per heavy atom. The minimum Gasteiger partial charge on any atom is -0.378 e. The smallest absolute Gasteiger partial charge is 0.264 e. The lowest BCUT2D eigenvalue weighted by Gasteiger charge is -2.27. The zero-order valence-electron chi connectivity index (χ0n) is 17.9. The lowest BCUT2D eigenvalue weighted by molar-refractivity contribution is 0.0305. The molecule has 1 amide bonds. The van der Waals surface area contributed by atoms with Gasteiger partial charge < -0.3 is 14.6 Å². The van der Waals surface area contributed by atoms with Gasteiger partial charge in [0.05, 0.1) is 18.1 Å². The van der Waals surface area contributed by atoms with Crippen LogP contribution >= 0.6 is 11.3 Å². The molecule has 3 aromatic heterocycles. The van der Waals surface area contributed by atoms with Gasteiger partial charge in [-0.15, -0.1) is 11.3 Å². The van der Waals surface area contributed by atoms with Crippen LogP contribution in [0.2, 0.25) is 0 Å². The number of carbonyl (C=O) groups excluding carboxylic acids is 1. The van der Waals surface area contributed by atoms with E-state index >= 15 is 0 Å². The first-order chi connectivity index (χ1) is 15.8. The highest BCUT2D eigenvalue weighted by atomic mass is 32.1. The first-order valence-electron chi connectivity index (χ1n) is 11.3. The molecule has 2 saturated heterocycles. The molecule has 1 N–H and O–H groups in total. The molecule has 2 aliphatic heterocycles. The van der Waals surface area contributed by atoms with E-state index < -0.39 is 0 Å². The van der Waals surface area contributed by atoms with Gasteiger partial charge in [0, 0.05) is 55.4 Å². The Balaban J connectivity index is 1.27. The van der Waals surface area contributed by atoms with Gasteiger partial charge in [-0.3, -0.25) is 9.69 Å². The first-order valence-corrected chi connectivity index (χ1v) is 12.1. The van der Waals surface area contributed by atoms with Gasteiger partial charge in [0.15, 0.2) is 0 Å². The molecule has 7 heteroatoms. The van der Waals surface area contributed by atoms with E-state index in [1.807, 2.05) is 23.4 Å². The molecule has 4 aromatic rings. The Kier molecular flexibility index (Phi) is 5.17. The van der Waals surface area contributed by atoms with Gasteiger partial charge in [0.25, 0.3) is 5.91 Å². The summed E-state index contributed by atoms with van der Waals surface area (Å²) in [6, 6.07) is 12.9. The van der Waals surface area contributed by atoms with Crippen molar-refractivity contribution in [1.29, 1.82) is 0 Å². The number of hydrogen-bond donors (Lipinski definition) is 1. The van der Waals surface area contributed by atoms with Crippen molar-refractivity contribution in [3.05, 3.63) is 64.8 Å². The van der Waals surface area contributed by atoms with Crippen LogP contribution in [0.15, 0.2) is 48.8 Å². The quantitative estimate of drug-likeness (QED) is 0.509. The van der Waals surface area contributed by atoms with Gasteiger partial charge in [-0.05, 0) is 53.7 Å². The van der Waals surface area contributed by atoms with E-state index in [9.17, 15) is 4.79 Å². The van der Waals surface area contributed by atoms with Crippen LogP contribution in [0, 0.1) is 0 Å². The summed E-state index contributed by atoms with van der Waals surface area (Å²) in [5, 5.41) is 2.40. The second-order valence-corrected chi connectivity index (χ2v) is 9.72. The summed E-state index contributed by atoms with van der Waals surface area (Å²) < 4.78 is 5.46. The number of morpholine rings is 1. The van der Waals surface area contributed by atoms with Crippen LogP contribution < -0.4 is 0 Å². The van der Waals surface area contributed by atoms with Gasteiger partial charge in [-0.25, -0.2) is 4.98 Å². The topological polar surface area (TPSA) is 61.5 Å². The predicted octanol–water partition coefficient (Wildman–Crippen LogP) is 4.24. The van der Waals surface area contributed by atoms with E-state index in [1.54, 1.807) is 11.3 Å². The Labute approximate surface area is 190 Å². The Morgan fingerprint density at radius 3 is 3.00 bits per heavy atom. The predicted molar refractivity (Wildman–Crippen MR) is 127 cm³/mol. The number of likely N-dealkylation sites (tertiary alicyclic amines) is 1. The Hall–Kier alpha value is -2.74. The highest BCUT2D eigenvalue weighted by molar-refractivity contribution is 7.20. The summed E-state index contributed by atoms with van der Waals surface area (Å²) in [7, 11) is 0. The number of benzene rings is 1. The van der Waals surface area contributed by atoms with E-state index in [0.717, 1.165) is 41.1 Å². The summed E-state index contributed by atoms with van der Waals surface area (Å²) in [6.07, 6.45) is 4.88. The second-order valence-electron chi connectivity index (χ2n) is 8.73. The van der Waals surface area contributed by atoms with Crippen molar-refractivity contribution in [3.8, 4) is 0 Å². The number of fused-ring (bicyclic) bond motifs is 2. The Bertz CT molecular complexity index is 1270. The number of H-pyrrole nitrogens is 1. The molecule has 0 spiro atoms. The number of rotatable bonds is 4. The minimum absolute atomic E-state index is 0.141. The summed E-state index contributed by atoms with van der Waals surface area (Å²) in [4.78, 5) is 27.6. The number of aromatic amines is 1. The number of amides is 1. The fourth-order valence-electron chi connectivity index (χ4n) is 5.10. The second kappa shape index (κ2) is 8.31. The normalized spacial score (nSPS) is 19.9. The minimum atomic E-state index is 0.141. The van der Waals surface area contributed by atoms with Crippen molar-refractivity contribution in [2.24, 2.45) is 0 Å². The number of aromatic nitrogens is 2. The van der Waals surface area contributed by atoms with Crippen LogP contribution in [-0.2, 0) is 11.3 Å². The molecule has 1 aromatic carbocycles. The average molecular weight is 447 g/mol. The van der Waals surface area contributed by atoms with Crippen molar-refractivity contribution >= 4 is 38.4 Å². The fraction of sp³-hybridized carbons (Fsp3) is 0.360. The van der Waals surface area contributed by atoms with Crippen molar-refractivity contribution in [3.63, 3.8) is 0 Å². The fourth-order valence-corrected chi connectivity index (χ4v) is 6.29. The monoisotopic (exact) mass is 446 g/mol. The number of thiophene rings is 1. The first kappa shape index (κ1) is 19.9. The zero-order chi connectivity index (χ0) is 21.5. The number of pyridine rings is 1. The van der Waals surface area contributed by atoms with Crippen molar-refractivity contribution in [1.82, 2.24) is 19.8 Å². The molecular formula is C25H26N4O2S. The van der Waals surface area contributed by atoms with Crippen LogP contribution in [0.5, 0.6) is 0 Å². The average Bonchev–Trinajstić information content (AvgIpc) is 3.57. The third-order valence-electron chi connectivity index (χ3n) is 6.70. The number of hydrogen-bond acceptors (Lipinski definition) is 5. The maximum atomic E-state index is 13.5. The summed E-state index contributed by atoms with van der Waals surface area (Å²) >= 11 is 1.55. The third kappa shape index (κ3) is 3.60. The van der Waals surface area contributed by atoms with Crippen molar-refractivity contribution < 1.29 is 9.53 Å². The molecular weight excluding hydrogens is 420 g/mol. The summed E-state index contributed by atoms with van der Waals surface area (Å²) in [5.41, 5.74) is 3.72. The molecule has 0 saturated carbocycles. The molecule has 1 atom stereocenters. The van der Waals surface area contributed by atoms with Gasteiger partial charge in [0.2, 0.25) is 0 Å². The lowest BCUT2D eigenvalue weighted by Crippen LogP contribution is -2.40. The van der Waals surface area contributed by atoms with Crippen LogP contribution in [0.25, 0.3) is 21.1 Å². The summed E-state index contributed by atoms with van der Waals surface area (Å²) in [6.45, 7) is 5.51. The standard InChI is InChI=1S/C25H26N4O2S/c30-25(29-10-12-31-13-11-29)23-22(20-2-1-7-27-24(20)32-23)19-6-9-28(16-19)15-17-3-4-21-18(14-17)5-8-26-21/h1-5,7-8,14,19,26H,6,9-13,15-16H2/t19-/m1/s1. The SMILES string of the molecule is O=C(c1sc2ncccc2c1[C@@H]1CCN(Cc2ccc3[nH]ccc3c2)C1)N1CCOCC1. The molecule has 2 aliphatic rings. The largest absolute Gasteiger partial charge is 0.378 e. The van der Waals surface area contributed by atoms with Crippen molar-refractivity contribution in [2.75, 3.05) is 39.4 Å². The maximum absolute atomic E-state index is 13.5. The third-order valence-corrected chi connectivity index (χ3v) is 7.82. The van der Waals surface area contributed by atoms with Crippen molar-refractivity contribution in [2.45, 2.75) is 18.9 Å². The van der Waals surface area contributed by atoms with Crippen LogP contribution in [0.3, 0.4) is 0 Å². The highest BCUT2D eigenvalue weighted by Gasteiger charge is 2.32. The van der Waals surface area contributed by atoms with Crippen LogP contribution in [0.1, 0.15) is 33.1 Å². The van der Waals surface area contributed by atoms with Gasteiger partial charge in [-0.2, -0.15) is 0 Å². The van der Waals surface area contributed by atoms with Gasteiger partial charge in [0.1, 0.15) is 4.83 Å². The van der Waals surface area contributed by atoms with E-state index in [4.69, 9.17) is 4.74 Å². The number of carbonyl (C=O) groups is 1. The Morgan fingerprint density at radius 2 is 2.09 bits per heavy atom. The number of nitrogens with one attached hydrogen (secondary N) is 1. The van der Waals surface area contributed by atoms with Crippen LogP contribution in [-0.4, -0.2) is 65.1 Å². The van der Waals surface area contributed by atoms with Crippen LogP contribution in [0.4, 0.5) is 0 Å². The zero-order valence-corrected chi connectivity index (χ0v) is 18.7. The molecule has 0 aliphatic carbocycles. The molecule has 6 nitrogen and oxygen atoms in total. The van der Waals surface area contributed by atoms with E-state index in [-0.39, 0.29) is 5.91 Å². The molecule has 0 bridgehead atoms.